The molecule has 2 aromatic rings. The lowest BCUT2D eigenvalue weighted by atomic mass is 10.2. The first kappa shape index (κ1) is 18.1. The highest BCUT2D eigenvalue weighted by atomic mass is 19.1. The van der Waals surface area contributed by atoms with Crippen molar-refractivity contribution in [3.63, 3.8) is 0 Å². The first-order valence-corrected chi connectivity index (χ1v) is 7.56. The summed E-state index contributed by atoms with van der Waals surface area (Å²) in [5.74, 6) is -2.47. The van der Waals surface area contributed by atoms with Crippen molar-refractivity contribution in [3.05, 3.63) is 41.5 Å². The smallest absolute Gasteiger partial charge is 0.252 e. The number of carbonyl (C=O) groups is 2. The number of carbonyl (C=O) groups excluding carboxylic acids is 2. The normalized spacial score (nSPS) is 11.6. The number of nitrogens with one attached hydrogen (secondary N) is 2. The van der Waals surface area contributed by atoms with E-state index in [4.69, 9.17) is 11.5 Å². The third kappa shape index (κ3) is 4.40. The van der Waals surface area contributed by atoms with Gasteiger partial charge in [0.15, 0.2) is 11.6 Å². The molecule has 0 fully saturated rings. The summed E-state index contributed by atoms with van der Waals surface area (Å²) in [6.07, 6.45) is 3.52. The lowest BCUT2D eigenvalue weighted by Gasteiger charge is -2.17. The van der Waals surface area contributed by atoms with Crippen LogP contribution in [0.1, 0.15) is 29.3 Å². The van der Waals surface area contributed by atoms with Crippen LogP contribution in [0.3, 0.4) is 0 Å². The maximum absolute atomic E-state index is 14.2. The van der Waals surface area contributed by atoms with Gasteiger partial charge in [0.1, 0.15) is 11.9 Å². The van der Waals surface area contributed by atoms with Gasteiger partial charge in [-0.25, -0.2) is 9.37 Å². The Morgan fingerprint density at radius 3 is 2.52 bits per heavy atom. The Bertz CT molecular complexity index is 811. The number of hydrogen-bond donors (Lipinski definition) is 4. The lowest BCUT2D eigenvalue weighted by molar-refractivity contribution is -0.118. The van der Waals surface area contributed by atoms with Gasteiger partial charge in [0.25, 0.3) is 5.91 Å². The summed E-state index contributed by atoms with van der Waals surface area (Å²) >= 11 is 0. The molecule has 6 N–H and O–H groups in total. The molecule has 0 aliphatic heterocycles. The molecule has 0 radical (unpaired) electrons. The van der Waals surface area contributed by atoms with E-state index in [2.05, 4.69) is 20.6 Å². The number of anilines is 3. The average molecular weight is 346 g/mol. The van der Waals surface area contributed by atoms with Crippen LogP contribution in [0.25, 0.3) is 0 Å². The molecule has 0 unspecified atom stereocenters. The molecule has 0 aromatic carbocycles. The van der Waals surface area contributed by atoms with Crippen LogP contribution in [0.4, 0.5) is 21.7 Å². The number of nitrogens with two attached hydrogens (primary N) is 2. The minimum absolute atomic E-state index is 0.0446. The van der Waals surface area contributed by atoms with Gasteiger partial charge < -0.3 is 22.1 Å². The van der Waals surface area contributed by atoms with Crippen molar-refractivity contribution in [1.82, 2.24) is 9.97 Å². The van der Waals surface area contributed by atoms with Gasteiger partial charge in [-0.15, -0.1) is 0 Å². The van der Waals surface area contributed by atoms with Crippen molar-refractivity contribution < 1.29 is 14.0 Å². The maximum atomic E-state index is 14.2. The molecule has 0 spiro atoms. The van der Waals surface area contributed by atoms with Gasteiger partial charge in [0.05, 0.1) is 17.4 Å². The summed E-state index contributed by atoms with van der Waals surface area (Å²) in [7, 11) is 0. The van der Waals surface area contributed by atoms with E-state index in [-0.39, 0.29) is 17.2 Å². The van der Waals surface area contributed by atoms with Gasteiger partial charge in [-0.05, 0) is 31.0 Å². The molecule has 0 saturated carbocycles. The van der Waals surface area contributed by atoms with Crippen LogP contribution in [-0.2, 0) is 4.79 Å². The van der Waals surface area contributed by atoms with Crippen LogP contribution < -0.4 is 22.1 Å². The van der Waals surface area contributed by atoms with Crippen molar-refractivity contribution in [2.24, 2.45) is 11.5 Å². The molecular formula is C16H19FN6O2. The molecule has 2 rings (SSSR count). The zero-order valence-electron chi connectivity index (χ0n) is 13.8. The Labute approximate surface area is 143 Å². The van der Waals surface area contributed by atoms with E-state index in [0.29, 0.717) is 12.1 Å². The van der Waals surface area contributed by atoms with E-state index in [9.17, 15) is 14.0 Å². The second kappa shape index (κ2) is 7.56. The van der Waals surface area contributed by atoms with Crippen LogP contribution in [0.2, 0.25) is 0 Å². The highest BCUT2D eigenvalue weighted by Gasteiger charge is 2.20. The lowest BCUT2D eigenvalue weighted by Crippen LogP contribution is -2.35. The topological polar surface area (TPSA) is 136 Å². The number of hydrogen-bond acceptors (Lipinski definition) is 6. The van der Waals surface area contributed by atoms with Gasteiger partial charge in [0.2, 0.25) is 5.91 Å². The van der Waals surface area contributed by atoms with Crippen LogP contribution in [0.5, 0.6) is 0 Å². The van der Waals surface area contributed by atoms with E-state index in [0.717, 1.165) is 11.6 Å². The molecule has 0 saturated heterocycles. The highest BCUT2D eigenvalue weighted by Crippen LogP contribution is 2.24. The van der Waals surface area contributed by atoms with Crippen molar-refractivity contribution in [1.29, 1.82) is 0 Å². The molecule has 25 heavy (non-hydrogen) atoms. The third-order valence-corrected chi connectivity index (χ3v) is 3.44. The zero-order valence-corrected chi connectivity index (χ0v) is 13.8. The minimum atomic E-state index is -0.844. The molecule has 2 amide bonds. The predicted octanol–water partition coefficient (Wildman–Crippen LogP) is 1.44. The fraction of sp³-hybridized carbons (Fsp3) is 0.250. The zero-order chi connectivity index (χ0) is 18.6. The van der Waals surface area contributed by atoms with E-state index in [1.807, 2.05) is 6.92 Å². The molecule has 0 aliphatic rings. The predicted molar refractivity (Wildman–Crippen MR) is 91.9 cm³/mol. The summed E-state index contributed by atoms with van der Waals surface area (Å²) in [6.45, 7) is 3.56. The van der Waals surface area contributed by atoms with Crippen LogP contribution in [-0.4, -0.2) is 27.8 Å². The molecule has 2 aromatic heterocycles. The molecule has 1 atom stereocenters. The number of halogens is 1. The van der Waals surface area contributed by atoms with E-state index in [1.54, 1.807) is 19.2 Å². The van der Waals surface area contributed by atoms with Gasteiger partial charge in [-0.2, -0.15) is 0 Å². The number of rotatable bonds is 7. The Kier molecular flexibility index (Phi) is 5.48. The Morgan fingerprint density at radius 1 is 1.24 bits per heavy atom. The van der Waals surface area contributed by atoms with Gasteiger partial charge in [-0.1, -0.05) is 6.92 Å². The Balaban J connectivity index is 2.43. The minimum Gasteiger partial charge on any atom is -0.368 e. The van der Waals surface area contributed by atoms with Crippen LogP contribution in [0, 0.1) is 12.7 Å². The van der Waals surface area contributed by atoms with Crippen molar-refractivity contribution in [2.75, 3.05) is 10.6 Å². The molecule has 9 heteroatoms. The van der Waals surface area contributed by atoms with Crippen LogP contribution >= 0.6 is 0 Å². The highest BCUT2D eigenvalue weighted by molar-refractivity contribution is 5.98. The fourth-order valence-electron chi connectivity index (χ4n) is 2.17. The summed E-state index contributed by atoms with van der Waals surface area (Å²) in [5, 5.41) is 5.52. The number of nitrogens with zero attached hydrogens (tertiary/aromatic N) is 2. The average Bonchev–Trinajstić information content (AvgIpc) is 2.54. The molecule has 2 heterocycles. The molecular weight excluding hydrogens is 327 g/mol. The molecule has 0 aliphatic carbocycles. The second-order valence-electron chi connectivity index (χ2n) is 5.46. The van der Waals surface area contributed by atoms with E-state index in [1.165, 1.54) is 6.20 Å². The summed E-state index contributed by atoms with van der Waals surface area (Å²) in [4.78, 5) is 31.0. The standard InChI is InChI=1S/C16H19FN6O2/c1-3-12(14(19)25)22-16-11(17)5-10(13(18)24)15(23-16)21-9-4-8(2)6-20-7-9/h4-7,12H,3H2,1-2H3,(H2,18,24)(H2,19,25)(H2,21,22,23)/t12-/m1/s1. The second-order valence-corrected chi connectivity index (χ2v) is 5.46. The first-order chi connectivity index (χ1) is 11.8. The molecule has 0 bridgehead atoms. The molecule has 8 nitrogen and oxygen atoms in total. The number of aromatic nitrogens is 2. The first-order valence-electron chi connectivity index (χ1n) is 7.56. The number of amides is 2. The van der Waals surface area contributed by atoms with Crippen molar-refractivity contribution in [3.8, 4) is 0 Å². The quantitative estimate of drug-likeness (QED) is 0.599. The van der Waals surface area contributed by atoms with Crippen molar-refractivity contribution in [2.45, 2.75) is 26.3 Å². The van der Waals surface area contributed by atoms with Gasteiger partial charge >= 0.3 is 0 Å². The van der Waals surface area contributed by atoms with Gasteiger partial charge in [-0.3, -0.25) is 14.6 Å². The summed E-state index contributed by atoms with van der Waals surface area (Å²) < 4.78 is 14.2. The number of pyridine rings is 2. The maximum Gasteiger partial charge on any atom is 0.252 e. The third-order valence-electron chi connectivity index (χ3n) is 3.44. The SMILES string of the molecule is CC[C@@H](Nc1nc(Nc2cncc(C)c2)c(C(N)=O)cc1F)C(N)=O. The largest absolute Gasteiger partial charge is 0.368 e. The van der Waals surface area contributed by atoms with E-state index >= 15 is 0 Å². The summed E-state index contributed by atoms with van der Waals surface area (Å²) in [5.41, 5.74) is 11.9. The number of primary amides is 2. The van der Waals surface area contributed by atoms with Crippen LogP contribution in [0.15, 0.2) is 24.5 Å². The molecule has 132 valence electrons. The van der Waals surface area contributed by atoms with Crippen molar-refractivity contribution >= 4 is 29.1 Å². The monoisotopic (exact) mass is 346 g/mol. The number of aryl methyl sites for hydroxylation is 1. The van der Waals surface area contributed by atoms with E-state index < -0.39 is 23.7 Å². The Morgan fingerprint density at radius 2 is 1.96 bits per heavy atom. The van der Waals surface area contributed by atoms with Gasteiger partial charge in [0, 0.05) is 6.20 Å². The summed E-state index contributed by atoms with van der Waals surface area (Å²) in [6, 6.07) is 1.93. The fourth-order valence-corrected chi connectivity index (χ4v) is 2.17. The Hall–Kier alpha value is -3.23.